The van der Waals surface area contributed by atoms with Crippen LogP contribution in [0.15, 0.2) is 30.3 Å². The summed E-state index contributed by atoms with van der Waals surface area (Å²) in [6.45, 7) is 4.10. The number of piperidine rings is 1. The fourth-order valence-electron chi connectivity index (χ4n) is 7.15. The van der Waals surface area contributed by atoms with Gasteiger partial charge in [-0.25, -0.2) is 9.97 Å². The Morgan fingerprint density at radius 3 is 2.53 bits per heavy atom. The van der Waals surface area contributed by atoms with Gasteiger partial charge >= 0.3 is 6.18 Å². The van der Waals surface area contributed by atoms with E-state index in [1.807, 2.05) is 23.7 Å². The molecule has 11 nitrogen and oxygen atoms in total. The molecule has 2 aliphatic heterocycles. The van der Waals surface area contributed by atoms with Gasteiger partial charge in [0.15, 0.2) is 5.82 Å². The number of methoxy groups -OCH3 is 2. The molecular weight excluding hydrogens is 639 g/mol. The summed E-state index contributed by atoms with van der Waals surface area (Å²) in [6, 6.07) is 8.07. The molecule has 0 saturated carbocycles. The lowest BCUT2D eigenvalue weighted by molar-refractivity contribution is -0.219. The van der Waals surface area contributed by atoms with Gasteiger partial charge in [-0.15, -0.1) is 0 Å². The van der Waals surface area contributed by atoms with Crippen LogP contribution in [0.1, 0.15) is 74.5 Å². The first-order chi connectivity index (χ1) is 23.3. The quantitative estimate of drug-likeness (QED) is 0.291. The number of pyridine rings is 1. The molecule has 4 aromatic rings. The van der Waals surface area contributed by atoms with E-state index in [4.69, 9.17) is 25.2 Å². The van der Waals surface area contributed by atoms with E-state index in [-0.39, 0.29) is 30.9 Å². The van der Waals surface area contributed by atoms with Crippen molar-refractivity contribution in [1.82, 2.24) is 29.3 Å². The Labute approximate surface area is 282 Å². The minimum atomic E-state index is -4.67. The van der Waals surface area contributed by atoms with Crippen molar-refractivity contribution >= 4 is 33.9 Å². The van der Waals surface area contributed by atoms with Crippen LogP contribution in [0.25, 0.3) is 33.6 Å². The van der Waals surface area contributed by atoms with Crippen molar-refractivity contribution in [2.24, 2.45) is 18.2 Å². The highest BCUT2D eigenvalue weighted by atomic mass is 19.4. The van der Waals surface area contributed by atoms with Crippen molar-refractivity contribution in [1.29, 1.82) is 0 Å². The largest absolute Gasteiger partial charge is 0.494 e. The van der Waals surface area contributed by atoms with Crippen LogP contribution < -0.4 is 15.8 Å². The van der Waals surface area contributed by atoms with E-state index >= 15 is 0 Å². The molecule has 1 saturated heterocycles. The number of imidazole rings is 1. The SMILES string of the molecule is COc1cc(C(=O)N2CC[C@@H](OC)[C@@H](N)C2)cc2nc(-c3cc4ccc5nc4n3CCCCCC[C@](C)(C(F)(F)F)C(=O)N[C@@H]5C)n(C)c12. The monoisotopic (exact) mass is 683 g/mol. The van der Waals surface area contributed by atoms with Crippen molar-refractivity contribution in [2.45, 2.75) is 83.3 Å². The predicted octanol–water partition coefficient (Wildman–Crippen LogP) is 5.50. The number of likely N-dealkylation sites (tertiary alicyclic amines) is 1. The number of nitrogens with zero attached hydrogens (tertiary/aromatic N) is 5. The zero-order chi connectivity index (χ0) is 35.2. The summed E-state index contributed by atoms with van der Waals surface area (Å²) in [5, 5.41) is 3.42. The number of ether oxygens (including phenoxy) is 2. The molecule has 0 radical (unpaired) electrons. The Balaban J connectivity index is 1.40. The predicted molar refractivity (Wildman–Crippen MR) is 179 cm³/mol. The Bertz CT molecular complexity index is 1890. The number of amides is 2. The average molecular weight is 684 g/mol. The number of nitrogens with two attached hydrogens (primary N) is 1. The first kappa shape index (κ1) is 34.7. The van der Waals surface area contributed by atoms with Crippen molar-refractivity contribution in [2.75, 3.05) is 27.3 Å². The van der Waals surface area contributed by atoms with Crippen LogP contribution >= 0.6 is 0 Å². The summed E-state index contributed by atoms with van der Waals surface area (Å²) >= 11 is 0. The lowest BCUT2D eigenvalue weighted by Crippen LogP contribution is -2.53. The number of alkyl halides is 3. The standard InChI is InChI=1S/C35H44F3N7O4/c1-20-24-11-10-21-17-26(45(30(21)41-24)14-9-7-6-8-13-34(2,33(47)40-20)35(36,37)38)31-42-25-16-22(18-28(49-5)29(25)43(31)3)32(46)44-15-12-27(48-4)23(39)19-44/h10-11,16-18,20,23,27H,6-9,12-15,19,39H2,1-5H3,(H,40,47)/t20-,23+,27-,34+/m1/s1. The van der Waals surface area contributed by atoms with Gasteiger partial charge in [-0.05, 0) is 63.4 Å². The molecule has 2 amide bonds. The zero-order valence-electron chi connectivity index (χ0n) is 28.6. The maximum Gasteiger partial charge on any atom is 0.402 e. The summed E-state index contributed by atoms with van der Waals surface area (Å²) in [5.74, 6) is -0.0561. The molecule has 264 valence electrons. The molecule has 2 aliphatic rings. The Morgan fingerprint density at radius 2 is 1.84 bits per heavy atom. The van der Waals surface area contributed by atoms with E-state index in [9.17, 15) is 22.8 Å². The van der Waals surface area contributed by atoms with E-state index in [0.29, 0.717) is 79.3 Å². The lowest BCUT2D eigenvalue weighted by Gasteiger charge is -2.36. The molecular formula is C35H44F3N7O4. The molecule has 14 heteroatoms. The van der Waals surface area contributed by atoms with Crippen LogP contribution in [0, 0.1) is 5.41 Å². The van der Waals surface area contributed by atoms with Crippen LogP contribution in [-0.2, 0) is 23.1 Å². The third-order valence-corrected chi connectivity index (χ3v) is 10.3. The van der Waals surface area contributed by atoms with E-state index in [1.165, 1.54) is 0 Å². The van der Waals surface area contributed by atoms with Crippen molar-refractivity contribution in [3.8, 4) is 17.3 Å². The summed E-state index contributed by atoms with van der Waals surface area (Å²) < 4.78 is 57.6. The van der Waals surface area contributed by atoms with Gasteiger partial charge in [-0.1, -0.05) is 19.3 Å². The van der Waals surface area contributed by atoms with Crippen molar-refractivity contribution in [3.63, 3.8) is 0 Å². The molecule has 3 aromatic heterocycles. The highest BCUT2D eigenvalue weighted by Gasteiger charge is 2.56. The van der Waals surface area contributed by atoms with E-state index in [1.54, 1.807) is 44.2 Å². The van der Waals surface area contributed by atoms with Crippen molar-refractivity contribution < 1.29 is 32.2 Å². The number of aromatic nitrogens is 4. The molecule has 6 rings (SSSR count). The van der Waals surface area contributed by atoms with Gasteiger partial charge in [0.25, 0.3) is 5.91 Å². The van der Waals surface area contributed by atoms with Crippen LogP contribution in [0.4, 0.5) is 13.2 Å². The number of carbonyl (C=O) groups is 2. The van der Waals surface area contributed by atoms with Gasteiger partial charge in [0, 0.05) is 50.8 Å². The smallest absolute Gasteiger partial charge is 0.402 e. The molecule has 0 spiro atoms. The van der Waals surface area contributed by atoms with Gasteiger partial charge in [-0.2, -0.15) is 13.2 Å². The second-order valence-electron chi connectivity index (χ2n) is 13.5. The Hall–Kier alpha value is -4.17. The first-order valence-corrected chi connectivity index (χ1v) is 16.8. The zero-order valence-corrected chi connectivity index (χ0v) is 28.6. The molecule has 3 N–H and O–H groups in total. The van der Waals surface area contributed by atoms with E-state index < -0.39 is 23.5 Å². The highest BCUT2D eigenvalue weighted by Crippen LogP contribution is 2.43. The topological polar surface area (TPSA) is 130 Å². The van der Waals surface area contributed by atoms with Crippen LogP contribution in [0.2, 0.25) is 0 Å². The number of rotatable bonds is 4. The number of fused-ring (bicyclic) bond motifs is 2. The summed E-state index contributed by atoms with van der Waals surface area (Å²) in [6.07, 6.45) is -2.21. The Kier molecular flexibility index (Phi) is 9.40. The van der Waals surface area contributed by atoms with Gasteiger partial charge in [0.05, 0.1) is 36.2 Å². The molecule has 49 heavy (non-hydrogen) atoms. The first-order valence-electron chi connectivity index (χ1n) is 16.8. The molecule has 4 atom stereocenters. The van der Waals surface area contributed by atoms with E-state index in [2.05, 4.69) is 9.88 Å². The Morgan fingerprint density at radius 1 is 1.08 bits per heavy atom. The number of hydrogen-bond donors (Lipinski definition) is 2. The van der Waals surface area contributed by atoms with Crippen LogP contribution in [0.3, 0.4) is 0 Å². The minimum Gasteiger partial charge on any atom is -0.494 e. The normalized spacial score (nSPS) is 24.3. The fraction of sp³-hybridized carbons (Fsp3) is 0.543. The molecule has 2 bridgehead atoms. The second kappa shape index (κ2) is 13.3. The number of hydrogen-bond acceptors (Lipinski definition) is 7. The molecule has 1 fully saturated rings. The van der Waals surface area contributed by atoms with Crippen LogP contribution in [0.5, 0.6) is 5.75 Å². The third kappa shape index (κ3) is 6.24. The number of carbonyl (C=O) groups excluding carboxylic acids is 2. The molecule has 0 aliphatic carbocycles. The number of aryl methyl sites for hydroxylation is 2. The maximum atomic E-state index is 14.1. The highest BCUT2D eigenvalue weighted by molar-refractivity contribution is 6.00. The number of benzene rings is 1. The molecule has 0 unspecified atom stereocenters. The average Bonchev–Trinajstić information content (AvgIpc) is 3.60. The van der Waals surface area contributed by atoms with Gasteiger partial charge in [0.2, 0.25) is 5.91 Å². The number of halogens is 3. The minimum absolute atomic E-state index is 0.0966. The molecule has 5 heterocycles. The van der Waals surface area contributed by atoms with Crippen LogP contribution in [-0.4, -0.2) is 81.4 Å². The number of nitrogens with one attached hydrogen (secondary N) is 1. The second-order valence-corrected chi connectivity index (χ2v) is 13.5. The lowest BCUT2D eigenvalue weighted by atomic mass is 9.82. The van der Waals surface area contributed by atoms with Gasteiger partial charge < -0.3 is 34.6 Å². The summed E-state index contributed by atoms with van der Waals surface area (Å²) in [7, 11) is 5.08. The summed E-state index contributed by atoms with van der Waals surface area (Å²) in [4.78, 5) is 38.3. The third-order valence-electron chi connectivity index (χ3n) is 10.3. The molecule has 1 aromatic carbocycles. The fourth-order valence-corrected chi connectivity index (χ4v) is 7.15. The summed E-state index contributed by atoms with van der Waals surface area (Å²) in [5.41, 5.74) is 7.46. The van der Waals surface area contributed by atoms with Gasteiger partial charge in [-0.3, -0.25) is 9.59 Å². The maximum absolute atomic E-state index is 14.1. The van der Waals surface area contributed by atoms with Gasteiger partial charge in [0.1, 0.15) is 22.3 Å². The van der Waals surface area contributed by atoms with E-state index in [0.717, 1.165) is 23.5 Å². The van der Waals surface area contributed by atoms with Crippen molar-refractivity contribution in [3.05, 3.63) is 41.6 Å².